The summed E-state index contributed by atoms with van der Waals surface area (Å²) in [5, 5.41) is 19.9. The lowest BCUT2D eigenvalue weighted by Gasteiger charge is -2.03. The van der Waals surface area contributed by atoms with Gasteiger partial charge in [0.25, 0.3) is 0 Å². The van der Waals surface area contributed by atoms with Crippen LogP contribution in [0.2, 0.25) is 0 Å². The lowest BCUT2D eigenvalue weighted by molar-refractivity contribution is 1.52. The summed E-state index contributed by atoms with van der Waals surface area (Å²) in [6, 6.07) is 28.4. The van der Waals surface area contributed by atoms with Gasteiger partial charge in [-0.25, -0.2) is 0 Å². The van der Waals surface area contributed by atoms with E-state index in [2.05, 4.69) is 62.6 Å². The smallest absolute Gasteiger partial charge is 0.114 e. The molecule has 8 rings (SSSR count). The van der Waals surface area contributed by atoms with Crippen LogP contribution in [0, 0.1) is 22.7 Å². The molecule has 0 fully saturated rings. The predicted octanol–water partition coefficient (Wildman–Crippen LogP) is 9.29. The standard InChI is InChI=1S/C32H14N8S5/c33-15-17(21-3-1-5-25-29(21)37-43-35-25)13-19-7-11-27(41-19)23-9-10-24(32-31(23)39-45-40-32)28-12-8-20(42-28)14-18(16-34)22-4-2-6-26-30(22)38-44-36-26/h1-14H/b17-13+,18-14+. The molecule has 212 valence electrons. The van der Waals surface area contributed by atoms with Gasteiger partial charge in [-0.15, -0.1) is 22.7 Å². The molecule has 8 aromatic rings. The van der Waals surface area contributed by atoms with E-state index in [0.717, 1.165) is 98.3 Å². The first-order valence-electron chi connectivity index (χ1n) is 13.3. The van der Waals surface area contributed by atoms with E-state index in [1.807, 2.05) is 60.7 Å². The molecule has 0 spiro atoms. The normalized spacial score (nSPS) is 12.2. The Morgan fingerprint density at radius 1 is 0.511 bits per heavy atom. The number of benzene rings is 3. The average Bonchev–Trinajstić information content (AvgIpc) is 3.91. The highest BCUT2D eigenvalue weighted by Crippen LogP contribution is 2.40. The predicted molar refractivity (Wildman–Crippen MR) is 186 cm³/mol. The third-order valence-corrected chi connectivity index (χ3v) is 10.9. The van der Waals surface area contributed by atoms with Crippen LogP contribution in [0.5, 0.6) is 0 Å². The maximum atomic E-state index is 9.97. The number of thiophene rings is 2. The molecule has 0 unspecified atom stereocenters. The van der Waals surface area contributed by atoms with Crippen molar-refractivity contribution in [2.75, 3.05) is 0 Å². The highest BCUT2D eigenvalue weighted by molar-refractivity contribution is 7.17. The second-order valence-corrected chi connectivity index (χ2v) is 13.6. The monoisotopic (exact) mass is 670 g/mol. The van der Waals surface area contributed by atoms with Gasteiger partial charge in [-0.3, -0.25) is 0 Å². The molecule has 0 radical (unpaired) electrons. The second kappa shape index (κ2) is 11.5. The highest BCUT2D eigenvalue weighted by Gasteiger charge is 2.17. The van der Waals surface area contributed by atoms with Gasteiger partial charge in [0, 0.05) is 41.8 Å². The Bertz CT molecular complexity index is 2370. The minimum atomic E-state index is 0.541. The number of hydrogen-bond donors (Lipinski definition) is 0. The summed E-state index contributed by atoms with van der Waals surface area (Å²) in [6.45, 7) is 0. The molecule has 0 saturated carbocycles. The van der Waals surface area contributed by atoms with Crippen molar-refractivity contribution in [1.82, 2.24) is 26.2 Å². The molecule has 0 aliphatic heterocycles. The Balaban J connectivity index is 1.12. The van der Waals surface area contributed by atoms with E-state index >= 15 is 0 Å². The largest absolute Gasteiger partial charge is 0.192 e. The zero-order chi connectivity index (χ0) is 30.3. The summed E-state index contributed by atoms with van der Waals surface area (Å²) in [5.74, 6) is 0. The number of nitriles is 2. The molecule has 0 atom stereocenters. The van der Waals surface area contributed by atoms with E-state index in [-0.39, 0.29) is 0 Å². The number of aromatic nitrogens is 6. The SMILES string of the molecule is N#C/C(=C\c1ccc(-c2ccc(-c3ccc(/C=C(\C#N)c4cccc5nsnc45)s3)c3nsnc23)s1)c1cccc2nsnc12. The molecular weight excluding hydrogens is 657 g/mol. The van der Waals surface area contributed by atoms with Crippen LogP contribution in [0.25, 0.3) is 77.3 Å². The molecule has 3 aromatic carbocycles. The maximum Gasteiger partial charge on any atom is 0.114 e. The van der Waals surface area contributed by atoms with Crippen molar-refractivity contribution in [3.05, 3.63) is 93.7 Å². The average molecular weight is 671 g/mol. The van der Waals surface area contributed by atoms with Crippen molar-refractivity contribution >= 4 is 114 Å². The van der Waals surface area contributed by atoms with Crippen LogP contribution in [-0.2, 0) is 0 Å². The molecule has 0 N–H and O–H groups in total. The number of nitrogens with zero attached hydrogens (tertiary/aromatic N) is 8. The summed E-state index contributed by atoms with van der Waals surface area (Å²) >= 11 is 6.67. The third kappa shape index (κ3) is 4.93. The Labute approximate surface area is 276 Å². The molecule has 13 heteroatoms. The molecule has 0 aliphatic carbocycles. The maximum absolute atomic E-state index is 9.97. The fraction of sp³-hybridized carbons (Fsp3) is 0. The minimum absolute atomic E-state index is 0.541. The van der Waals surface area contributed by atoms with Crippen LogP contribution >= 0.6 is 57.9 Å². The van der Waals surface area contributed by atoms with Crippen LogP contribution in [0.3, 0.4) is 0 Å². The van der Waals surface area contributed by atoms with E-state index in [0.29, 0.717) is 11.1 Å². The van der Waals surface area contributed by atoms with Gasteiger partial charge in [0.1, 0.15) is 33.1 Å². The number of fused-ring (bicyclic) bond motifs is 3. The van der Waals surface area contributed by atoms with E-state index < -0.39 is 0 Å². The second-order valence-electron chi connectivity index (χ2n) is 9.74. The van der Waals surface area contributed by atoms with Gasteiger partial charge in [-0.2, -0.15) is 36.8 Å². The Morgan fingerprint density at radius 3 is 1.42 bits per heavy atom. The Hall–Kier alpha value is -5.02. The zero-order valence-corrected chi connectivity index (χ0v) is 26.8. The molecule has 0 aliphatic rings. The molecule has 0 bridgehead atoms. The number of hydrogen-bond acceptors (Lipinski definition) is 13. The zero-order valence-electron chi connectivity index (χ0n) is 22.7. The molecule has 0 saturated heterocycles. The first-order chi connectivity index (χ1) is 22.2. The number of rotatable bonds is 6. The van der Waals surface area contributed by atoms with E-state index in [4.69, 9.17) is 0 Å². The van der Waals surface area contributed by atoms with Crippen molar-refractivity contribution < 1.29 is 0 Å². The van der Waals surface area contributed by atoms with Gasteiger partial charge in [-0.05, 0) is 48.6 Å². The fourth-order valence-corrected chi connectivity index (χ4v) is 8.71. The molecule has 0 amide bonds. The lowest BCUT2D eigenvalue weighted by atomic mass is 10.0. The fourth-order valence-electron chi connectivity index (χ4n) is 5.09. The van der Waals surface area contributed by atoms with Crippen molar-refractivity contribution in [1.29, 1.82) is 10.5 Å². The van der Waals surface area contributed by atoms with Gasteiger partial charge >= 0.3 is 0 Å². The van der Waals surface area contributed by atoms with Gasteiger partial charge in [0.15, 0.2) is 0 Å². The Kier molecular flexibility index (Phi) is 7.02. The van der Waals surface area contributed by atoms with Crippen LogP contribution in [0.4, 0.5) is 0 Å². The van der Waals surface area contributed by atoms with Crippen LogP contribution in [-0.4, -0.2) is 26.2 Å². The van der Waals surface area contributed by atoms with Gasteiger partial charge in [-0.1, -0.05) is 36.4 Å². The molecule has 5 heterocycles. The molecule has 8 nitrogen and oxygen atoms in total. The quantitative estimate of drug-likeness (QED) is 0.160. The van der Waals surface area contributed by atoms with Gasteiger partial charge in [0.05, 0.1) is 58.5 Å². The van der Waals surface area contributed by atoms with Gasteiger partial charge < -0.3 is 0 Å². The summed E-state index contributed by atoms with van der Waals surface area (Å²) in [6.07, 6.45) is 3.80. The Morgan fingerprint density at radius 2 is 0.956 bits per heavy atom. The van der Waals surface area contributed by atoms with Crippen LogP contribution in [0.15, 0.2) is 72.8 Å². The summed E-state index contributed by atoms with van der Waals surface area (Å²) in [7, 11) is 0. The number of allylic oxidation sites excluding steroid dienone is 2. The van der Waals surface area contributed by atoms with E-state index in [1.165, 1.54) is 11.7 Å². The lowest BCUT2D eigenvalue weighted by Crippen LogP contribution is -1.84. The first kappa shape index (κ1) is 27.5. The van der Waals surface area contributed by atoms with Crippen LogP contribution in [0.1, 0.15) is 20.9 Å². The van der Waals surface area contributed by atoms with Crippen molar-refractivity contribution in [2.45, 2.75) is 0 Å². The molecule has 5 aromatic heterocycles. The van der Waals surface area contributed by atoms with Crippen molar-refractivity contribution in [3.8, 4) is 33.0 Å². The molecular formula is C32H14N8S5. The van der Waals surface area contributed by atoms with E-state index in [9.17, 15) is 10.5 Å². The van der Waals surface area contributed by atoms with E-state index in [1.54, 1.807) is 22.7 Å². The topological polar surface area (TPSA) is 125 Å². The highest BCUT2D eigenvalue weighted by atomic mass is 32.1. The minimum Gasteiger partial charge on any atom is -0.192 e. The summed E-state index contributed by atoms with van der Waals surface area (Å²) in [5.41, 5.74) is 9.33. The summed E-state index contributed by atoms with van der Waals surface area (Å²) in [4.78, 5) is 3.98. The van der Waals surface area contributed by atoms with Crippen molar-refractivity contribution in [3.63, 3.8) is 0 Å². The van der Waals surface area contributed by atoms with Gasteiger partial charge in [0.2, 0.25) is 0 Å². The van der Waals surface area contributed by atoms with Crippen molar-refractivity contribution in [2.24, 2.45) is 0 Å². The molecule has 45 heavy (non-hydrogen) atoms. The summed E-state index contributed by atoms with van der Waals surface area (Å²) < 4.78 is 26.7. The van der Waals surface area contributed by atoms with Crippen LogP contribution < -0.4 is 0 Å². The third-order valence-electron chi connectivity index (χ3n) is 7.17. The first-order valence-corrected chi connectivity index (χ1v) is 17.1.